The molecule has 0 bridgehead atoms. The van der Waals surface area contributed by atoms with Gasteiger partial charge in [0.15, 0.2) is 0 Å². The summed E-state index contributed by atoms with van der Waals surface area (Å²) >= 11 is 0. The maximum Gasteiger partial charge on any atom is 0.221 e. The van der Waals surface area contributed by atoms with Crippen LogP contribution in [0, 0.1) is 0 Å². The summed E-state index contributed by atoms with van der Waals surface area (Å²) in [5.74, 6) is -0.0983. The number of carbonyl (C=O) groups is 1. The molecule has 1 amide bonds. The summed E-state index contributed by atoms with van der Waals surface area (Å²) in [6.45, 7) is 10.8. The van der Waals surface area contributed by atoms with Crippen LogP contribution in [-0.2, 0) is 4.79 Å². The molecule has 0 heterocycles. The highest BCUT2D eigenvalue weighted by atomic mass is 16.1. The number of nitrogens with one attached hydrogen (secondary N) is 1. The van der Waals surface area contributed by atoms with Crippen LogP contribution in [-0.4, -0.2) is 5.91 Å². The lowest BCUT2D eigenvalue weighted by Crippen LogP contribution is -2.17. The molecule has 0 spiro atoms. The van der Waals surface area contributed by atoms with E-state index in [1.54, 1.807) is 12.2 Å². The van der Waals surface area contributed by atoms with Crippen molar-refractivity contribution in [3.63, 3.8) is 0 Å². The number of carbonyl (C=O) groups excluding carboxylic acids is 1. The van der Waals surface area contributed by atoms with E-state index in [2.05, 4.69) is 18.5 Å². The minimum absolute atomic E-state index is 0.0983. The van der Waals surface area contributed by atoms with Crippen molar-refractivity contribution in [1.82, 2.24) is 5.32 Å². The van der Waals surface area contributed by atoms with E-state index in [1.807, 2.05) is 31.2 Å². The predicted molar refractivity (Wildman–Crippen MR) is 69.8 cm³/mol. The van der Waals surface area contributed by atoms with Gasteiger partial charge in [-0.2, -0.15) is 0 Å². The van der Waals surface area contributed by atoms with E-state index < -0.39 is 0 Å². The third-order valence-electron chi connectivity index (χ3n) is 1.73. The van der Waals surface area contributed by atoms with Crippen molar-refractivity contribution in [3.8, 4) is 0 Å². The Kier molecular flexibility index (Phi) is 7.51. The fraction of sp³-hybridized carbons (Fsp3) is 0.214. The SMILES string of the molecule is C=CC(=C)/C=C(\C=C/C/C=C\C)NC(C)=O. The van der Waals surface area contributed by atoms with Gasteiger partial charge in [0.1, 0.15) is 0 Å². The first kappa shape index (κ1) is 14.2. The molecule has 0 aromatic carbocycles. The van der Waals surface area contributed by atoms with Gasteiger partial charge >= 0.3 is 0 Å². The average molecular weight is 217 g/mol. The quantitative estimate of drug-likeness (QED) is 0.537. The van der Waals surface area contributed by atoms with Gasteiger partial charge in [0.05, 0.1) is 0 Å². The zero-order valence-corrected chi connectivity index (χ0v) is 9.99. The molecule has 0 aromatic heterocycles. The van der Waals surface area contributed by atoms with Crippen molar-refractivity contribution in [1.29, 1.82) is 0 Å². The summed E-state index contributed by atoms with van der Waals surface area (Å²) in [6.07, 6.45) is 12.1. The van der Waals surface area contributed by atoms with Crippen LogP contribution in [0.2, 0.25) is 0 Å². The van der Waals surface area contributed by atoms with E-state index in [-0.39, 0.29) is 5.91 Å². The molecule has 2 nitrogen and oxygen atoms in total. The van der Waals surface area contributed by atoms with Crippen LogP contribution in [0.4, 0.5) is 0 Å². The van der Waals surface area contributed by atoms with Crippen LogP contribution in [0.3, 0.4) is 0 Å². The van der Waals surface area contributed by atoms with Gasteiger partial charge < -0.3 is 5.32 Å². The standard InChI is InChI=1S/C14H19NO/c1-5-7-8-9-10-14(15-13(4)16)11-12(3)6-2/h5-7,9-11H,2-3,8H2,1,4H3,(H,15,16)/b7-5-,10-9-,14-11+. The van der Waals surface area contributed by atoms with E-state index in [9.17, 15) is 4.79 Å². The van der Waals surface area contributed by atoms with Gasteiger partial charge in [0, 0.05) is 12.6 Å². The molecule has 1 N–H and O–H groups in total. The van der Waals surface area contributed by atoms with Crippen molar-refractivity contribution in [2.24, 2.45) is 0 Å². The predicted octanol–water partition coefficient (Wildman–Crippen LogP) is 3.27. The lowest BCUT2D eigenvalue weighted by Gasteiger charge is -2.02. The van der Waals surface area contributed by atoms with Gasteiger partial charge in [-0.1, -0.05) is 37.5 Å². The van der Waals surface area contributed by atoms with Crippen LogP contribution in [0.25, 0.3) is 0 Å². The van der Waals surface area contributed by atoms with E-state index in [4.69, 9.17) is 0 Å². The first-order valence-corrected chi connectivity index (χ1v) is 5.18. The summed E-state index contributed by atoms with van der Waals surface area (Å²) in [6, 6.07) is 0. The van der Waals surface area contributed by atoms with Gasteiger partial charge in [-0.25, -0.2) is 0 Å². The molecule has 0 aliphatic carbocycles. The first-order chi connectivity index (χ1) is 7.60. The molecule has 0 aliphatic heterocycles. The maximum absolute atomic E-state index is 11.0. The number of hydrogen-bond donors (Lipinski definition) is 1. The largest absolute Gasteiger partial charge is 0.326 e. The summed E-state index contributed by atoms with van der Waals surface area (Å²) < 4.78 is 0. The molecule has 0 fully saturated rings. The lowest BCUT2D eigenvalue weighted by atomic mass is 10.2. The van der Waals surface area contributed by atoms with Crippen molar-refractivity contribution >= 4 is 5.91 Å². The summed E-state index contributed by atoms with van der Waals surface area (Å²) in [5.41, 5.74) is 1.49. The van der Waals surface area contributed by atoms with Crippen molar-refractivity contribution < 1.29 is 4.79 Å². The highest BCUT2D eigenvalue weighted by Crippen LogP contribution is 2.01. The number of allylic oxidation sites excluding steroid dienone is 7. The maximum atomic E-state index is 11.0. The topological polar surface area (TPSA) is 29.1 Å². The normalized spacial score (nSPS) is 12.0. The van der Waals surface area contributed by atoms with Crippen LogP contribution in [0.15, 0.2) is 60.9 Å². The highest BCUT2D eigenvalue weighted by Gasteiger charge is 1.94. The van der Waals surface area contributed by atoms with Gasteiger partial charge in [-0.05, 0) is 31.1 Å². The molecule has 0 unspecified atom stereocenters. The Morgan fingerprint density at radius 3 is 2.56 bits per heavy atom. The number of amides is 1. The molecule has 0 atom stereocenters. The Morgan fingerprint density at radius 2 is 2.06 bits per heavy atom. The van der Waals surface area contributed by atoms with Crippen molar-refractivity contribution in [2.75, 3.05) is 0 Å². The van der Waals surface area contributed by atoms with Gasteiger partial charge in [0.2, 0.25) is 5.91 Å². The van der Waals surface area contributed by atoms with E-state index in [1.165, 1.54) is 6.92 Å². The molecule has 2 heteroatoms. The van der Waals surface area contributed by atoms with Crippen LogP contribution >= 0.6 is 0 Å². The second-order valence-corrected chi connectivity index (χ2v) is 3.27. The van der Waals surface area contributed by atoms with Crippen LogP contribution in [0.1, 0.15) is 20.3 Å². The van der Waals surface area contributed by atoms with Gasteiger partial charge in [0.25, 0.3) is 0 Å². The highest BCUT2D eigenvalue weighted by molar-refractivity contribution is 5.75. The van der Waals surface area contributed by atoms with Gasteiger partial charge in [-0.3, -0.25) is 4.79 Å². The Balaban J connectivity index is 4.60. The third kappa shape index (κ3) is 7.56. The molecule has 86 valence electrons. The molecule has 0 radical (unpaired) electrons. The van der Waals surface area contributed by atoms with E-state index in [0.717, 1.165) is 17.7 Å². The van der Waals surface area contributed by atoms with E-state index in [0.29, 0.717) is 0 Å². The fourth-order valence-corrected chi connectivity index (χ4v) is 0.997. The molecular formula is C14H19NO. The van der Waals surface area contributed by atoms with E-state index >= 15 is 0 Å². The second kappa shape index (κ2) is 8.48. The molecular weight excluding hydrogens is 198 g/mol. The molecule has 0 aromatic rings. The Bertz CT molecular complexity index is 346. The lowest BCUT2D eigenvalue weighted by molar-refractivity contribution is -0.118. The monoisotopic (exact) mass is 217 g/mol. The van der Waals surface area contributed by atoms with Crippen LogP contribution < -0.4 is 5.32 Å². The average Bonchev–Trinajstić information content (AvgIpc) is 2.23. The van der Waals surface area contributed by atoms with Gasteiger partial charge in [-0.15, -0.1) is 0 Å². The second-order valence-electron chi connectivity index (χ2n) is 3.27. The minimum atomic E-state index is -0.0983. The molecule has 0 saturated carbocycles. The van der Waals surface area contributed by atoms with Crippen molar-refractivity contribution in [2.45, 2.75) is 20.3 Å². The fourth-order valence-electron chi connectivity index (χ4n) is 0.997. The Hall–Kier alpha value is -1.83. The van der Waals surface area contributed by atoms with Crippen LogP contribution in [0.5, 0.6) is 0 Å². The molecule has 0 saturated heterocycles. The first-order valence-electron chi connectivity index (χ1n) is 5.18. The number of rotatable bonds is 6. The smallest absolute Gasteiger partial charge is 0.221 e. The Morgan fingerprint density at radius 1 is 1.38 bits per heavy atom. The third-order valence-corrected chi connectivity index (χ3v) is 1.73. The minimum Gasteiger partial charge on any atom is -0.326 e. The summed E-state index contributed by atoms with van der Waals surface area (Å²) in [5, 5.41) is 2.72. The Labute approximate surface area is 97.7 Å². The van der Waals surface area contributed by atoms with Crippen molar-refractivity contribution in [3.05, 3.63) is 60.9 Å². The summed E-state index contributed by atoms with van der Waals surface area (Å²) in [7, 11) is 0. The number of hydrogen-bond acceptors (Lipinski definition) is 1. The molecule has 0 rings (SSSR count). The molecule has 16 heavy (non-hydrogen) atoms. The zero-order valence-electron chi connectivity index (χ0n) is 9.99. The zero-order chi connectivity index (χ0) is 12.4. The summed E-state index contributed by atoms with van der Waals surface area (Å²) in [4.78, 5) is 11.0. The molecule has 0 aliphatic rings.